The predicted molar refractivity (Wildman–Crippen MR) is 173 cm³/mol. The van der Waals surface area contributed by atoms with Gasteiger partial charge in [-0.05, 0) is 30.7 Å². The molecule has 0 aromatic heterocycles. The Morgan fingerprint density at radius 1 is 0.854 bits per heavy atom. The Kier molecular flexibility index (Phi) is 13.0. The van der Waals surface area contributed by atoms with Crippen molar-refractivity contribution >= 4 is 6.09 Å². The number of hydrogen-bond donors (Lipinski definition) is 5. The van der Waals surface area contributed by atoms with Gasteiger partial charge in [0, 0.05) is 12.0 Å². The molecule has 3 heterocycles. The van der Waals surface area contributed by atoms with Crippen molar-refractivity contribution in [3.63, 3.8) is 0 Å². The second-order valence-electron chi connectivity index (χ2n) is 13.1. The van der Waals surface area contributed by atoms with Crippen LogP contribution in [0.4, 0.5) is 4.79 Å². The Morgan fingerprint density at radius 3 is 2.19 bits per heavy atom. The number of hydrogen-bond acceptors (Lipinski definition) is 12. The molecule has 1 saturated heterocycles. The molecule has 0 bridgehead atoms. The highest BCUT2D eigenvalue weighted by atomic mass is 16.8. The van der Waals surface area contributed by atoms with Gasteiger partial charge in [0.15, 0.2) is 18.9 Å². The van der Waals surface area contributed by atoms with E-state index in [1.165, 1.54) is 0 Å². The molecule has 5 rings (SSSR count). The Balaban J connectivity index is 1.28. The van der Waals surface area contributed by atoms with Gasteiger partial charge in [0.2, 0.25) is 0 Å². The van der Waals surface area contributed by atoms with Crippen molar-refractivity contribution in [2.24, 2.45) is 17.6 Å². The van der Waals surface area contributed by atoms with Crippen LogP contribution in [-0.2, 0) is 39.8 Å². The van der Waals surface area contributed by atoms with Crippen molar-refractivity contribution in [2.75, 3.05) is 6.61 Å². The molecule has 268 valence electrons. The van der Waals surface area contributed by atoms with E-state index < -0.39 is 80.3 Å². The summed E-state index contributed by atoms with van der Waals surface area (Å²) >= 11 is 0. The maximum Gasteiger partial charge on any atom is 0.408 e. The number of alkyl carbamates (subject to hydrolysis) is 1. The van der Waals surface area contributed by atoms with Crippen LogP contribution >= 0.6 is 0 Å². The summed E-state index contributed by atoms with van der Waals surface area (Å²) in [5, 5.41) is 35.6. The highest BCUT2D eigenvalue weighted by Gasteiger charge is 2.52. The molecule has 0 spiro atoms. The van der Waals surface area contributed by atoms with E-state index in [4.69, 9.17) is 38.9 Å². The van der Waals surface area contributed by atoms with Crippen LogP contribution in [0.5, 0.6) is 0 Å². The first-order chi connectivity index (χ1) is 23.1. The van der Waals surface area contributed by atoms with E-state index in [1.54, 1.807) is 0 Å². The van der Waals surface area contributed by atoms with Crippen molar-refractivity contribution in [2.45, 2.75) is 133 Å². The first kappa shape index (κ1) is 36.8. The van der Waals surface area contributed by atoms with Gasteiger partial charge in [0.1, 0.15) is 37.1 Å². The molecule has 15 atom stereocenters. The van der Waals surface area contributed by atoms with Gasteiger partial charge in [-0.15, -0.1) is 0 Å². The van der Waals surface area contributed by atoms with E-state index in [1.807, 2.05) is 82.3 Å². The lowest BCUT2D eigenvalue weighted by Crippen LogP contribution is -2.61. The van der Waals surface area contributed by atoms with Crippen LogP contribution in [-0.4, -0.2) is 108 Å². The summed E-state index contributed by atoms with van der Waals surface area (Å²) in [4.78, 5) is 12.8. The number of ether oxygens (including phenoxy) is 7. The third-order valence-electron chi connectivity index (χ3n) is 9.45. The lowest BCUT2D eigenvalue weighted by Gasteiger charge is -2.45. The molecule has 1 amide bonds. The van der Waals surface area contributed by atoms with Crippen molar-refractivity contribution in [1.82, 2.24) is 5.32 Å². The number of carbonyl (C=O) groups excluding carboxylic acids is 1. The van der Waals surface area contributed by atoms with Gasteiger partial charge in [-0.2, -0.15) is 0 Å². The van der Waals surface area contributed by atoms with E-state index in [2.05, 4.69) is 5.32 Å². The Bertz CT molecular complexity index is 1220. The first-order valence-electron chi connectivity index (χ1n) is 17.1. The third-order valence-corrected chi connectivity index (χ3v) is 9.45. The minimum absolute atomic E-state index is 0.0928. The smallest absolute Gasteiger partial charge is 0.408 e. The average Bonchev–Trinajstić information content (AvgIpc) is 3.39. The first-order valence-corrected chi connectivity index (χ1v) is 17.1. The zero-order valence-corrected chi connectivity index (χ0v) is 28.1. The van der Waals surface area contributed by atoms with Crippen LogP contribution in [0.2, 0.25) is 0 Å². The molecule has 2 fully saturated rings. The van der Waals surface area contributed by atoms with Crippen LogP contribution < -0.4 is 11.1 Å². The summed E-state index contributed by atoms with van der Waals surface area (Å²) in [5.41, 5.74) is 7.18. The quantitative estimate of drug-likeness (QED) is 0.204. The molecule has 1 aliphatic carbocycles. The molecule has 1 aromatic rings. The van der Waals surface area contributed by atoms with Gasteiger partial charge in [0.05, 0.1) is 31.0 Å². The second kappa shape index (κ2) is 17.0. The fraction of sp³-hybridized carbons (Fsp3) is 0.686. The molecule has 1 saturated carbocycles. The molecular formula is C35H52N2O11. The van der Waals surface area contributed by atoms with Crippen LogP contribution in [0.1, 0.15) is 52.5 Å². The number of aliphatic hydroxyl groups is 3. The van der Waals surface area contributed by atoms with E-state index in [9.17, 15) is 20.1 Å². The fourth-order valence-corrected chi connectivity index (χ4v) is 6.55. The van der Waals surface area contributed by atoms with Gasteiger partial charge >= 0.3 is 6.09 Å². The Morgan fingerprint density at radius 2 is 1.50 bits per heavy atom. The number of carbonyl (C=O) groups is 1. The van der Waals surface area contributed by atoms with Crippen LogP contribution in [0.15, 0.2) is 54.6 Å². The number of nitrogens with two attached hydrogens (primary N) is 1. The highest BCUT2D eigenvalue weighted by Crippen LogP contribution is 2.36. The normalized spacial score (nSPS) is 41.3. The van der Waals surface area contributed by atoms with Gasteiger partial charge in [0.25, 0.3) is 0 Å². The zero-order chi connectivity index (χ0) is 34.4. The molecule has 15 unspecified atom stereocenters. The largest absolute Gasteiger partial charge is 0.445 e. The minimum atomic E-state index is -1.32. The topological polar surface area (TPSA) is 180 Å². The predicted octanol–water partition coefficient (Wildman–Crippen LogP) is 2.26. The summed E-state index contributed by atoms with van der Waals surface area (Å²) in [5.74, 6) is -0.313. The van der Waals surface area contributed by atoms with Crippen molar-refractivity contribution < 1.29 is 53.3 Å². The van der Waals surface area contributed by atoms with Gasteiger partial charge in [-0.1, -0.05) is 82.3 Å². The summed E-state index contributed by atoms with van der Waals surface area (Å²) in [7, 11) is 0. The Hall–Kier alpha value is -2.43. The second-order valence-corrected chi connectivity index (χ2v) is 13.1. The fourth-order valence-electron chi connectivity index (χ4n) is 6.55. The van der Waals surface area contributed by atoms with Crippen molar-refractivity contribution in [1.29, 1.82) is 0 Å². The highest BCUT2D eigenvalue weighted by molar-refractivity contribution is 5.68. The summed E-state index contributed by atoms with van der Waals surface area (Å²) in [6, 6.07) is 7.99. The molecule has 6 N–H and O–H groups in total. The SMILES string of the molecule is CCC1C=CC(C)C(OC2C(CO)OC(OC3C(O)C(N)CC(C)C3OC3OC(CC)C=CC3NC(=O)OCc3ccccc3)C2O)O1. The summed E-state index contributed by atoms with van der Waals surface area (Å²) < 4.78 is 42.7. The van der Waals surface area contributed by atoms with Gasteiger partial charge in [-0.25, -0.2) is 4.79 Å². The maximum absolute atomic E-state index is 12.8. The molecule has 3 aliphatic heterocycles. The number of benzene rings is 1. The Labute approximate surface area is 282 Å². The zero-order valence-electron chi connectivity index (χ0n) is 28.1. The van der Waals surface area contributed by atoms with E-state index in [0.29, 0.717) is 12.8 Å². The molecule has 1 aromatic carbocycles. The van der Waals surface area contributed by atoms with Crippen LogP contribution in [0, 0.1) is 11.8 Å². The standard InChI is InChI=1S/C35H52N2O11/c1-5-22-13-12-19(3)32(43-22)47-30-26(17-38)45-34(28(30)40)48-31-27(39)24(36)16-20(4)29(31)46-33-25(15-14-23(6-2)44-33)37-35(41)42-18-21-10-8-7-9-11-21/h7-15,19-20,22-34,38-40H,5-6,16-18,36H2,1-4H3,(H,37,41). The molecule has 13 heteroatoms. The van der Waals surface area contributed by atoms with Crippen LogP contribution in [0.25, 0.3) is 0 Å². The maximum atomic E-state index is 12.8. The van der Waals surface area contributed by atoms with Gasteiger partial charge in [-0.3, -0.25) is 0 Å². The monoisotopic (exact) mass is 676 g/mol. The van der Waals surface area contributed by atoms with Crippen molar-refractivity contribution in [3.05, 3.63) is 60.2 Å². The number of nitrogens with one attached hydrogen (secondary N) is 1. The molecule has 48 heavy (non-hydrogen) atoms. The third kappa shape index (κ3) is 8.83. The summed E-state index contributed by atoms with van der Waals surface area (Å²) in [6.45, 7) is 7.50. The number of amides is 1. The minimum Gasteiger partial charge on any atom is -0.445 e. The average molecular weight is 677 g/mol. The summed E-state index contributed by atoms with van der Waals surface area (Å²) in [6.07, 6.45) is -0.646. The van der Waals surface area contributed by atoms with E-state index in [-0.39, 0.29) is 30.7 Å². The van der Waals surface area contributed by atoms with E-state index >= 15 is 0 Å². The number of rotatable bonds is 12. The molecule has 4 aliphatic rings. The lowest BCUT2D eigenvalue weighted by molar-refractivity contribution is -0.286. The van der Waals surface area contributed by atoms with E-state index in [0.717, 1.165) is 12.0 Å². The molecular weight excluding hydrogens is 624 g/mol. The van der Waals surface area contributed by atoms with Crippen molar-refractivity contribution in [3.8, 4) is 0 Å². The lowest BCUT2D eigenvalue weighted by atomic mass is 9.80. The van der Waals surface area contributed by atoms with Gasteiger partial charge < -0.3 is 59.5 Å². The molecule has 0 radical (unpaired) electrons. The number of aliphatic hydroxyl groups excluding tert-OH is 3. The van der Waals surface area contributed by atoms with Crippen LogP contribution in [0.3, 0.4) is 0 Å². The molecule has 13 nitrogen and oxygen atoms in total.